The molecule has 0 spiro atoms. The van der Waals surface area contributed by atoms with Gasteiger partial charge in [0.05, 0.1) is 12.1 Å². The molecule has 6 rings (SSSR count). The van der Waals surface area contributed by atoms with E-state index in [1.54, 1.807) is 0 Å². The summed E-state index contributed by atoms with van der Waals surface area (Å²) in [6, 6.07) is -0.260. The Balaban J connectivity index is 1.45. The van der Waals surface area contributed by atoms with Gasteiger partial charge in [-0.05, 0) is 55.4 Å². The Kier molecular flexibility index (Phi) is 5.43. The lowest BCUT2D eigenvalue weighted by Gasteiger charge is -2.35. The Morgan fingerprint density at radius 1 is 0.769 bits per heavy atom. The first kappa shape index (κ1) is 26.0. The fourth-order valence-electron chi connectivity index (χ4n) is 7.37. The standard InChI is InChI=1S/C29H36N4O6/c1-12(2)9-18(34)30-26-16(22(36)28(7)24-20(38-24)14(5)32(26)28)11-17-23(37)29(8)25-21(39-25)15(6)33(29)27(17)31-19(35)10-13(3)4/h9-10,14-15,20-21,24-25H,11H2,1-8H3,(H,30,34)(H,31,35)/t14-,15-,20+,21+,24+,25+,28+,29+/m0/s1. The Morgan fingerprint density at radius 2 is 1.13 bits per heavy atom. The molecule has 0 unspecified atom stereocenters. The minimum Gasteiger partial charge on any atom is -0.364 e. The molecule has 6 heterocycles. The number of hydrogen-bond acceptors (Lipinski definition) is 8. The van der Waals surface area contributed by atoms with Crippen molar-refractivity contribution in [1.82, 2.24) is 20.4 Å². The maximum Gasteiger partial charge on any atom is 0.249 e. The van der Waals surface area contributed by atoms with E-state index in [-0.39, 0.29) is 66.3 Å². The van der Waals surface area contributed by atoms with Gasteiger partial charge in [0.15, 0.2) is 11.6 Å². The van der Waals surface area contributed by atoms with Gasteiger partial charge in [-0.25, -0.2) is 0 Å². The predicted molar refractivity (Wildman–Crippen MR) is 141 cm³/mol. The first-order valence-electron chi connectivity index (χ1n) is 13.6. The molecule has 2 N–H and O–H groups in total. The summed E-state index contributed by atoms with van der Waals surface area (Å²) in [5.41, 5.74) is 0.384. The zero-order valence-electron chi connectivity index (χ0n) is 23.7. The lowest BCUT2D eigenvalue weighted by atomic mass is 9.85. The van der Waals surface area contributed by atoms with Crippen molar-refractivity contribution in [2.45, 2.75) is 109 Å². The first-order valence-corrected chi connectivity index (χ1v) is 13.6. The van der Waals surface area contributed by atoms with Gasteiger partial charge in [0.25, 0.3) is 0 Å². The lowest BCUT2D eigenvalue weighted by Crippen LogP contribution is -2.52. The van der Waals surface area contributed by atoms with Crippen LogP contribution in [-0.4, -0.2) is 80.8 Å². The third-order valence-corrected chi connectivity index (χ3v) is 9.12. The Hall–Kier alpha value is -3.24. The van der Waals surface area contributed by atoms with Crippen LogP contribution in [-0.2, 0) is 28.7 Å². The molecule has 208 valence electrons. The second-order valence-electron chi connectivity index (χ2n) is 12.5. The number of epoxide rings is 2. The number of carbonyl (C=O) groups excluding carboxylic acids is 4. The molecule has 0 radical (unpaired) electrons. The van der Waals surface area contributed by atoms with E-state index in [9.17, 15) is 19.2 Å². The number of fused-ring (bicyclic) bond motifs is 6. The van der Waals surface area contributed by atoms with E-state index in [0.717, 1.165) is 11.1 Å². The zero-order valence-corrected chi connectivity index (χ0v) is 23.7. The van der Waals surface area contributed by atoms with E-state index in [4.69, 9.17) is 9.47 Å². The topological polar surface area (TPSA) is 124 Å². The fraction of sp³-hybridized carbons (Fsp3) is 0.586. The van der Waals surface area contributed by atoms with Crippen molar-refractivity contribution >= 4 is 23.4 Å². The molecule has 39 heavy (non-hydrogen) atoms. The van der Waals surface area contributed by atoms with E-state index in [2.05, 4.69) is 10.6 Å². The van der Waals surface area contributed by atoms with E-state index in [1.165, 1.54) is 12.2 Å². The molecule has 10 heteroatoms. The van der Waals surface area contributed by atoms with Crippen LogP contribution >= 0.6 is 0 Å². The summed E-state index contributed by atoms with van der Waals surface area (Å²) < 4.78 is 11.7. The quantitative estimate of drug-likeness (QED) is 0.388. The number of nitrogens with zero attached hydrogens (tertiary/aromatic N) is 2. The van der Waals surface area contributed by atoms with Crippen LogP contribution in [0.4, 0.5) is 0 Å². The Morgan fingerprint density at radius 3 is 1.46 bits per heavy atom. The van der Waals surface area contributed by atoms with Gasteiger partial charge in [0.1, 0.15) is 47.1 Å². The van der Waals surface area contributed by atoms with Crippen molar-refractivity contribution in [1.29, 1.82) is 0 Å². The van der Waals surface area contributed by atoms with Crippen molar-refractivity contribution in [2.24, 2.45) is 0 Å². The predicted octanol–water partition coefficient (Wildman–Crippen LogP) is 1.59. The monoisotopic (exact) mass is 536 g/mol. The van der Waals surface area contributed by atoms with Gasteiger partial charge in [-0.1, -0.05) is 11.1 Å². The number of nitrogens with one attached hydrogen (secondary N) is 2. The zero-order chi connectivity index (χ0) is 28.3. The molecule has 6 aliphatic rings. The van der Waals surface area contributed by atoms with Crippen molar-refractivity contribution < 1.29 is 28.7 Å². The molecule has 2 amide bonds. The van der Waals surface area contributed by atoms with Crippen LogP contribution in [0.1, 0.15) is 61.8 Å². The molecule has 0 saturated carbocycles. The smallest absolute Gasteiger partial charge is 0.249 e. The molecule has 0 aromatic heterocycles. The number of Topliss-reactive ketones (excluding diaryl/α,β-unsaturated/α-hetero) is 2. The number of ether oxygens (including phenoxy) is 2. The minimum absolute atomic E-state index is 0.0288. The normalized spacial score (nSPS) is 38.9. The number of carbonyl (C=O) groups is 4. The third-order valence-electron chi connectivity index (χ3n) is 9.12. The average molecular weight is 537 g/mol. The van der Waals surface area contributed by atoms with Crippen molar-refractivity contribution in [3.05, 3.63) is 46.1 Å². The minimum atomic E-state index is -0.973. The number of amides is 2. The van der Waals surface area contributed by atoms with Gasteiger partial charge < -0.3 is 29.9 Å². The number of ketones is 2. The lowest BCUT2D eigenvalue weighted by molar-refractivity contribution is -0.125. The molecule has 4 fully saturated rings. The highest BCUT2D eigenvalue weighted by atomic mass is 16.6. The summed E-state index contributed by atoms with van der Waals surface area (Å²) in [6.45, 7) is 14.9. The van der Waals surface area contributed by atoms with Crippen LogP contribution in [0.5, 0.6) is 0 Å². The third kappa shape index (κ3) is 3.40. The second-order valence-corrected chi connectivity index (χ2v) is 12.5. The average Bonchev–Trinajstić information content (AvgIpc) is 3.72. The maximum atomic E-state index is 14.1. The summed E-state index contributed by atoms with van der Waals surface area (Å²) in [6.07, 6.45) is 2.21. The van der Waals surface area contributed by atoms with E-state index < -0.39 is 11.1 Å². The summed E-state index contributed by atoms with van der Waals surface area (Å²) in [5, 5.41) is 5.92. The van der Waals surface area contributed by atoms with E-state index >= 15 is 0 Å². The molecule has 6 aliphatic heterocycles. The van der Waals surface area contributed by atoms with Gasteiger partial charge in [-0.3, -0.25) is 19.2 Å². The molecule has 4 saturated heterocycles. The molecule has 0 aliphatic carbocycles. The summed E-state index contributed by atoms with van der Waals surface area (Å²) in [5.74, 6) is -0.204. The van der Waals surface area contributed by atoms with Gasteiger partial charge in [0, 0.05) is 29.7 Å². The first-order chi connectivity index (χ1) is 18.2. The maximum absolute atomic E-state index is 14.1. The SMILES string of the molecule is CC(C)=CC(=O)NC1=C(CC2=C(NC(=O)C=C(C)C)N3[C@@H](C)[C@H]4O[C@H]4[C@@]3(C)C2=O)C(=O)[C@]2(C)[C@@H]3O[C@@H]3[C@H](C)N12. The summed E-state index contributed by atoms with van der Waals surface area (Å²) >= 11 is 0. The molecular weight excluding hydrogens is 500 g/mol. The second kappa shape index (κ2) is 8.14. The summed E-state index contributed by atoms with van der Waals surface area (Å²) in [4.78, 5) is 58.0. The van der Waals surface area contributed by atoms with Crippen molar-refractivity contribution in [3.8, 4) is 0 Å². The van der Waals surface area contributed by atoms with Gasteiger partial charge in [-0.2, -0.15) is 0 Å². The van der Waals surface area contributed by atoms with Crippen molar-refractivity contribution in [2.75, 3.05) is 0 Å². The number of hydrogen-bond donors (Lipinski definition) is 2. The van der Waals surface area contributed by atoms with E-state index in [0.29, 0.717) is 22.8 Å². The number of morpholine rings is 2. The van der Waals surface area contributed by atoms with E-state index in [1.807, 2.05) is 65.2 Å². The van der Waals surface area contributed by atoms with Gasteiger partial charge in [-0.15, -0.1) is 0 Å². The number of rotatable bonds is 6. The molecular formula is C29H36N4O6. The number of allylic oxidation sites excluding steroid dienone is 2. The molecule has 10 nitrogen and oxygen atoms in total. The summed E-state index contributed by atoms with van der Waals surface area (Å²) in [7, 11) is 0. The van der Waals surface area contributed by atoms with Crippen LogP contribution in [0.3, 0.4) is 0 Å². The van der Waals surface area contributed by atoms with Crippen LogP contribution in [0.15, 0.2) is 46.1 Å². The Labute approximate surface area is 228 Å². The molecule has 0 bridgehead atoms. The fourth-order valence-corrected chi connectivity index (χ4v) is 7.37. The highest BCUT2D eigenvalue weighted by Crippen LogP contribution is 2.57. The highest BCUT2D eigenvalue weighted by Gasteiger charge is 2.74. The molecule has 0 aromatic carbocycles. The Bertz CT molecular complexity index is 1270. The van der Waals surface area contributed by atoms with Crippen LogP contribution in [0.25, 0.3) is 0 Å². The van der Waals surface area contributed by atoms with Crippen LogP contribution < -0.4 is 10.6 Å². The van der Waals surface area contributed by atoms with Crippen LogP contribution in [0, 0.1) is 0 Å². The van der Waals surface area contributed by atoms with Gasteiger partial charge >= 0.3 is 0 Å². The molecule has 8 atom stereocenters. The van der Waals surface area contributed by atoms with Gasteiger partial charge in [0.2, 0.25) is 11.8 Å². The largest absolute Gasteiger partial charge is 0.364 e. The highest BCUT2D eigenvalue weighted by molar-refractivity contribution is 6.13. The molecule has 0 aromatic rings. The van der Waals surface area contributed by atoms with Crippen LogP contribution in [0.2, 0.25) is 0 Å². The van der Waals surface area contributed by atoms with Crippen molar-refractivity contribution in [3.63, 3.8) is 0 Å².